The van der Waals surface area contributed by atoms with Crippen LogP contribution in [0.3, 0.4) is 0 Å². The molecule has 0 spiro atoms. The van der Waals surface area contributed by atoms with Gasteiger partial charge in [0.15, 0.2) is 5.82 Å². The number of hydrogen-bond acceptors (Lipinski definition) is 6. The van der Waals surface area contributed by atoms with E-state index in [4.69, 9.17) is 9.84 Å². The van der Waals surface area contributed by atoms with Gasteiger partial charge in [0.05, 0.1) is 13.2 Å². The van der Waals surface area contributed by atoms with Crippen molar-refractivity contribution in [3.05, 3.63) is 40.1 Å². The molecule has 1 aromatic carbocycles. The van der Waals surface area contributed by atoms with Gasteiger partial charge in [-0.1, -0.05) is 28.1 Å². The maximum atomic E-state index is 12.2. The number of hydrogen-bond donors (Lipinski definition) is 2. The van der Waals surface area contributed by atoms with Gasteiger partial charge in [0, 0.05) is 10.9 Å². The van der Waals surface area contributed by atoms with Crippen molar-refractivity contribution in [1.29, 1.82) is 0 Å². The first kappa shape index (κ1) is 19.3. The molecule has 9 heteroatoms. The molecule has 8 nitrogen and oxygen atoms in total. The van der Waals surface area contributed by atoms with E-state index in [0.717, 1.165) is 10.0 Å². The van der Waals surface area contributed by atoms with E-state index in [1.807, 2.05) is 24.3 Å². The van der Waals surface area contributed by atoms with Gasteiger partial charge < -0.3 is 15.2 Å². The van der Waals surface area contributed by atoms with E-state index in [9.17, 15) is 4.79 Å². The van der Waals surface area contributed by atoms with Crippen molar-refractivity contribution in [2.24, 2.45) is 0 Å². The Morgan fingerprint density at radius 3 is 2.64 bits per heavy atom. The van der Waals surface area contributed by atoms with E-state index in [1.54, 1.807) is 20.8 Å². The predicted molar refractivity (Wildman–Crippen MR) is 94.9 cm³/mol. The summed E-state index contributed by atoms with van der Waals surface area (Å²) in [5.74, 6) is 0.363. The van der Waals surface area contributed by atoms with Crippen LogP contribution in [0, 0.1) is 0 Å². The van der Waals surface area contributed by atoms with Crippen molar-refractivity contribution in [3.63, 3.8) is 0 Å². The molecule has 136 valence electrons. The molecule has 1 heterocycles. The molecule has 1 atom stereocenters. The first-order chi connectivity index (χ1) is 11.8. The second kappa shape index (κ2) is 8.39. The molecule has 2 rings (SSSR count). The van der Waals surface area contributed by atoms with Crippen molar-refractivity contribution in [2.75, 3.05) is 6.61 Å². The zero-order chi connectivity index (χ0) is 18.4. The van der Waals surface area contributed by atoms with Crippen LogP contribution in [0.25, 0.3) is 0 Å². The number of carbonyl (C=O) groups excluding carboxylic acids is 1. The molecule has 1 aromatic heterocycles. The summed E-state index contributed by atoms with van der Waals surface area (Å²) in [5.41, 5.74) is 0.400. The van der Waals surface area contributed by atoms with Crippen LogP contribution in [0.15, 0.2) is 28.7 Å². The van der Waals surface area contributed by atoms with Crippen LogP contribution in [-0.4, -0.2) is 43.6 Å². The molecular formula is C16H22BrN5O3. The minimum absolute atomic E-state index is 0.0906. The first-order valence-electron chi connectivity index (χ1n) is 7.89. The van der Waals surface area contributed by atoms with Gasteiger partial charge >= 0.3 is 6.09 Å². The van der Waals surface area contributed by atoms with Crippen LogP contribution in [0.2, 0.25) is 0 Å². The number of amides is 1. The van der Waals surface area contributed by atoms with Crippen LogP contribution < -0.4 is 5.32 Å². The van der Waals surface area contributed by atoms with Crippen molar-refractivity contribution in [1.82, 2.24) is 25.5 Å². The van der Waals surface area contributed by atoms with Gasteiger partial charge in [0.1, 0.15) is 11.6 Å². The highest BCUT2D eigenvalue weighted by atomic mass is 79.9. The summed E-state index contributed by atoms with van der Waals surface area (Å²) >= 11 is 3.40. The van der Waals surface area contributed by atoms with E-state index < -0.39 is 17.7 Å². The summed E-state index contributed by atoms with van der Waals surface area (Å²) in [6, 6.07) is 7.26. The molecule has 0 saturated heterocycles. The third kappa shape index (κ3) is 6.43. The number of alkyl carbamates (subject to hydrolysis) is 1. The number of benzene rings is 1. The third-order valence-corrected chi connectivity index (χ3v) is 3.65. The van der Waals surface area contributed by atoms with Gasteiger partial charge in [0.25, 0.3) is 0 Å². The van der Waals surface area contributed by atoms with Crippen molar-refractivity contribution < 1.29 is 14.6 Å². The monoisotopic (exact) mass is 411 g/mol. The number of rotatable bonds is 6. The van der Waals surface area contributed by atoms with E-state index in [2.05, 4.69) is 36.7 Å². The van der Waals surface area contributed by atoms with Gasteiger partial charge in [-0.15, -0.1) is 10.2 Å². The smallest absolute Gasteiger partial charge is 0.408 e. The maximum Gasteiger partial charge on any atom is 0.408 e. The molecule has 0 saturated carbocycles. The highest BCUT2D eigenvalue weighted by Gasteiger charge is 2.24. The van der Waals surface area contributed by atoms with Gasteiger partial charge in [-0.05, 0) is 43.7 Å². The largest absolute Gasteiger partial charge is 0.444 e. The predicted octanol–water partition coefficient (Wildman–Crippen LogP) is 2.24. The number of aliphatic hydroxyl groups excluding tert-OH is 1. The number of halogens is 1. The normalized spacial score (nSPS) is 12.7. The average Bonchev–Trinajstić information content (AvgIpc) is 2.96. The summed E-state index contributed by atoms with van der Waals surface area (Å²) in [6.45, 7) is 5.54. The number of ether oxygens (including phenoxy) is 1. The fraction of sp³-hybridized carbons (Fsp3) is 0.500. The van der Waals surface area contributed by atoms with Crippen molar-refractivity contribution in [3.8, 4) is 0 Å². The third-order valence-electron chi connectivity index (χ3n) is 3.12. The van der Waals surface area contributed by atoms with E-state index in [0.29, 0.717) is 12.2 Å². The van der Waals surface area contributed by atoms with Gasteiger partial charge in [-0.25, -0.2) is 4.79 Å². The SMILES string of the molecule is CC(C)(C)OC(=O)N[C@@H](Cc1ccc(Br)cc1)c1nnn(CCO)n1. The Labute approximate surface area is 154 Å². The lowest BCUT2D eigenvalue weighted by atomic mass is 10.1. The lowest BCUT2D eigenvalue weighted by Crippen LogP contribution is -2.36. The quantitative estimate of drug-likeness (QED) is 0.755. The zero-order valence-corrected chi connectivity index (χ0v) is 16.0. The molecule has 0 aliphatic heterocycles. The molecule has 0 radical (unpaired) electrons. The minimum atomic E-state index is -0.603. The lowest BCUT2D eigenvalue weighted by Gasteiger charge is -2.22. The molecule has 1 amide bonds. The van der Waals surface area contributed by atoms with Crippen LogP contribution in [0.1, 0.15) is 38.2 Å². The zero-order valence-electron chi connectivity index (χ0n) is 14.4. The molecule has 0 aliphatic carbocycles. The Morgan fingerprint density at radius 2 is 2.04 bits per heavy atom. The minimum Gasteiger partial charge on any atom is -0.444 e. The highest BCUT2D eigenvalue weighted by Crippen LogP contribution is 2.18. The molecule has 0 bridgehead atoms. The van der Waals surface area contributed by atoms with E-state index in [-0.39, 0.29) is 13.2 Å². The van der Waals surface area contributed by atoms with Crippen LogP contribution >= 0.6 is 15.9 Å². The summed E-state index contributed by atoms with van der Waals surface area (Å²) in [4.78, 5) is 13.4. The fourth-order valence-corrected chi connectivity index (χ4v) is 2.36. The van der Waals surface area contributed by atoms with Crippen molar-refractivity contribution in [2.45, 2.75) is 45.4 Å². The molecule has 0 fully saturated rings. The Hall–Kier alpha value is -2.00. The summed E-state index contributed by atoms with van der Waals surface area (Å²) in [6.07, 6.45) is -0.0646. The number of aliphatic hydroxyl groups is 1. The lowest BCUT2D eigenvalue weighted by molar-refractivity contribution is 0.0501. The summed E-state index contributed by atoms with van der Waals surface area (Å²) in [5, 5.41) is 23.9. The number of carbonyl (C=O) groups is 1. The number of nitrogens with one attached hydrogen (secondary N) is 1. The molecule has 25 heavy (non-hydrogen) atoms. The second-order valence-corrected chi connectivity index (χ2v) is 7.41. The van der Waals surface area contributed by atoms with Gasteiger partial charge in [-0.3, -0.25) is 0 Å². The topological polar surface area (TPSA) is 102 Å². The second-order valence-electron chi connectivity index (χ2n) is 6.50. The van der Waals surface area contributed by atoms with Gasteiger partial charge in [0.2, 0.25) is 0 Å². The molecule has 0 unspecified atom stereocenters. The van der Waals surface area contributed by atoms with Crippen LogP contribution in [0.4, 0.5) is 4.79 Å². The van der Waals surface area contributed by atoms with Crippen LogP contribution in [0.5, 0.6) is 0 Å². The summed E-state index contributed by atoms with van der Waals surface area (Å²) < 4.78 is 6.29. The van der Waals surface area contributed by atoms with Crippen molar-refractivity contribution >= 4 is 22.0 Å². The van der Waals surface area contributed by atoms with Gasteiger partial charge in [-0.2, -0.15) is 4.80 Å². The fourth-order valence-electron chi connectivity index (χ4n) is 2.09. The average molecular weight is 412 g/mol. The maximum absolute atomic E-state index is 12.2. The standard InChI is InChI=1S/C16H22BrN5O3/c1-16(2,3)25-15(24)18-13(10-11-4-6-12(17)7-5-11)14-19-21-22(20-14)8-9-23/h4-7,13,23H,8-10H2,1-3H3,(H,18,24)/t13-/m0/s1. The highest BCUT2D eigenvalue weighted by molar-refractivity contribution is 9.10. The van der Waals surface area contributed by atoms with E-state index in [1.165, 1.54) is 4.80 Å². The Kier molecular flexibility index (Phi) is 6.49. The number of tetrazole rings is 1. The summed E-state index contributed by atoms with van der Waals surface area (Å²) in [7, 11) is 0. The Bertz CT molecular complexity index is 697. The van der Waals surface area contributed by atoms with E-state index >= 15 is 0 Å². The molecule has 2 aromatic rings. The molecule has 2 N–H and O–H groups in total. The molecular weight excluding hydrogens is 390 g/mol. The Morgan fingerprint density at radius 1 is 1.36 bits per heavy atom. The van der Waals surface area contributed by atoms with Crippen LogP contribution in [-0.2, 0) is 17.7 Å². The number of nitrogens with zero attached hydrogens (tertiary/aromatic N) is 4. The number of aromatic nitrogens is 4. The Balaban J connectivity index is 2.17. The molecule has 0 aliphatic rings. The first-order valence-corrected chi connectivity index (χ1v) is 8.68.